The smallest absolute Gasteiger partial charge is 0.0443 e. The van der Waals surface area contributed by atoms with Gasteiger partial charge in [-0.25, -0.2) is 0 Å². The molecule has 0 N–H and O–H groups in total. The summed E-state index contributed by atoms with van der Waals surface area (Å²) in [6, 6.07) is 0.613. The monoisotopic (exact) mass is 216 g/mol. The molecule has 0 amide bonds. The molecular weight excluding hydrogens is 196 g/mol. The molecule has 0 radical (unpaired) electrons. The molecule has 0 aromatic heterocycles. The molecule has 1 aliphatic heterocycles. The summed E-state index contributed by atoms with van der Waals surface area (Å²) in [6.45, 7) is 10.7. The highest BCUT2D eigenvalue weighted by atomic mass is 35.5. The summed E-state index contributed by atoms with van der Waals surface area (Å²) in [4.78, 5) is 4.88. The van der Waals surface area contributed by atoms with Gasteiger partial charge in [-0.1, -0.05) is 6.58 Å². The molecular formula is C11H21ClN2. The molecule has 3 heteroatoms. The third-order valence-electron chi connectivity index (χ3n) is 2.80. The number of alkyl halides is 1. The fraction of sp³-hybridized carbons (Fsp3) is 0.818. The first kappa shape index (κ1) is 12.0. The second-order valence-corrected chi connectivity index (χ2v) is 4.59. The lowest BCUT2D eigenvalue weighted by Crippen LogP contribution is -2.39. The van der Waals surface area contributed by atoms with Crippen molar-refractivity contribution in [2.75, 3.05) is 39.1 Å². The van der Waals surface area contributed by atoms with E-state index in [9.17, 15) is 0 Å². The van der Waals surface area contributed by atoms with Gasteiger partial charge in [-0.15, -0.1) is 11.6 Å². The van der Waals surface area contributed by atoms with Crippen LogP contribution in [-0.4, -0.2) is 54.9 Å². The third-order valence-corrected chi connectivity index (χ3v) is 3.18. The Hall–Kier alpha value is -0.0500. The average molecular weight is 217 g/mol. The SMILES string of the molecule is C=C(CCl)CN1CCCN(C)CC1C. The van der Waals surface area contributed by atoms with Gasteiger partial charge >= 0.3 is 0 Å². The van der Waals surface area contributed by atoms with Crippen LogP contribution in [0.15, 0.2) is 12.2 Å². The first-order chi connectivity index (χ1) is 6.63. The van der Waals surface area contributed by atoms with Gasteiger partial charge < -0.3 is 4.90 Å². The van der Waals surface area contributed by atoms with Crippen molar-refractivity contribution < 1.29 is 0 Å². The molecule has 0 bridgehead atoms. The third kappa shape index (κ3) is 3.60. The predicted octanol–water partition coefficient (Wildman–Crippen LogP) is 1.81. The summed E-state index contributed by atoms with van der Waals surface area (Å²) in [5, 5.41) is 0. The first-order valence-electron chi connectivity index (χ1n) is 5.28. The Morgan fingerprint density at radius 2 is 2.21 bits per heavy atom. The van der Waals surface area contributed by atoms with E-state index in [4.69, 9.17) is 11.6 Å². The van der Waals surface area contributed by atoms with Gasteiger partial charge in [0.05, 0.1) is 0 Å². The molecule has 0 aromatic carbocycles. The number of halogens is 1. The molecule has 2 nitrogen and oxygen atoms in total. The molecule has 14 heavy (non-hydrogen) atoms. The van der Waals surface area contributed by atoms with Crippen molar-refractivity contribution in [2.24, 2.45) is 0 Å². The Labute approximate surface area is 92.5 Å². The van der Waals surface area contributed by atoms with Gasteiger partial charge in [0.25, 0.3) is 0 Å². The molecule has 0 saturated carbocycles. The zero-order valence-electron chi connectivity index (χ0n) is 9.30. The van der Waals surface area contributed by atoms with Crippen molar-refractivity contribution in [3.63, 3.8) is 0 Å². The van der Waals surface area contributed by atoms with Crippen LogP contribution in [0.2, 0.25) is 0 Å². The van der Waals surface area contributed by atoms with Crippen LogP contribution in [0.25, 0.3) is 0 Å². The van der Waals surface area contributed by atoms with Crippen molar-refractivity contribution in [1.82, 2.24) is 9.80 Å². The number of likely N-dealkylation sites (N-methyl/N-ethyl adjacent to an activating group) is 1. The van der Waals surface area contributed by atoms with Crippen LogP contribution >= 0.6 is 11.6 Å². The van der Waals surface area contributed by atoms with Gasteiger partial charge in [-0.2, -0.15) is 0 Å². The van der Waals surface area contributed by atoms with E-state index in [0.717, 1.165) is 18.7 Å². The summed E-state index contributed by atoms with van der Waals surface area (Å²) in [7, 11) is 2.19. The summed E-state index contributed by atoms with van der Waals surface area (Å²) in [5.74, 6) is 0.582. The Balaban J connectivity index is 2.46. The van der Waals surface area contributed by atoms with Crippen molar-refractivity contribution in [3.8, 4) is 0 Å². The van der Waals surface area contributed by atoms with Crippen molar-refractivity contribution in [2.45, 2.75) is 19.4 Å². The van der Waals surface area contributed by atoms with Crippen LogP contribution in [0.4, 0.5) is 0 Å². The molecule has 1 unspecified atom stereocenters. The average Bonchev–Trinajstić information content (AvgIpc) is 2.29. The zero-order valence-corrected chi connectivity index (χ0v) is 10.1. The normalized spacial score (nSPS) is 26.1. The number of rotatable bonds is 3. The van der Waals surface area contributed by atoms with Gasteiger partial charge in [0.2, 0.25) is 0 Å². The van der Waals surface area contributed by atoms with E-state index in [0.29, 0.717) is 11.9 Å². The fourth-order valence-corrected chi connectivity index (χ4v) is 2.07. The standard InChI is InChI=1S/C11H21ClN2/c1-10(7-12)8-14-6-4-5-13(3)9-11(14)2/h11H,1,4-9H2,2-3H3. The summed E-state index contributed by atoms with van der Waals surface area (Å²) in [5.41, 5.74) is 1.13. The van der Waals surface area contributed by atoms with E-state index in [1.807, 2.05) is 0 Å². The number of hydrogen-bond donors (Lipinski definition) is 0. The largest absolute Gasteiger partial charge is 0.305 e. The predicted molar refractivity (Wildman–Crippen MR) is 63.0 cm³/mol. The van der Waals surface area contributed by atoms with E-state index in [1.54, 1.807) is 0 Å². The van der Waals surface area contributed by atoms with Crippen LogP contribution < -0.4 is 0 Å². The maximum atomic E-state index is 5.75. The molecule has 1 aliphatic rings. The lowest BCUT2D eigenvalue weighted by atomic mass is 10.2. The van der Waals surface area contributed by atoms with Gasteiger partial charge in [0.1, 0.15) is 0 Å². The summed E-state index contributed by atoms with van der Waals surface area (Å²) >= 11 is 5.75. The summed E-state index contributed by atoms with van der Waals surface area (Å²) < 4.78 is 0. The molecule has 1 fully saturated rings. The zero-order chi connectivity index (χ0) is 10.6. The van der Waals surface area contributed by atoms with E-state index >= 15 is 0 Å². The van der Waals surface area contributed by atoms with Gasteiger partial charge in [0.15, 0.2) is 0 Å². The molecule has 1 heterocycles. The highest BCUT2D eigenvalue weighted by molar-refractivity contribution is 6.19. The maximum absolute atomic E-state index is 5.75. The molecule has 0 aliphatic carbocycles. The lowest BCUT2D eigenvalue weighted by Gasteiger charge is -2.28. The Morgan fingerprint density at radius 1 is 1.50 bits per heavy atom. The highest BCUT2D eigenvalue weighted by Crippen LogP contribution is 2.10. The van der Waals surface area contributed by atoms with Crippen LogP contribution in [0, 0.1) is 0 Å². The second-order valence-electron chi connectivity index (χ2n) is 4.32. The maximum Gasteiger partial charge on any atom is 0.0443 e. The van der Waals surface area contributed by atoms with Crippen LogP contribution in [0.1, 0.15) is 13.3 Å². The molecule has 1 saturated heterocycles. The minimum atomic E-state index is 0.582. The fourth-order valence-electron chi connectivity index (χ4n) is 1.99. The molecule has 1 rings (SSSR count). The Morgan fingerprint density at radius 3 is 2.86 bits per heavy atom. The quantitative estimate of drug-likeness (QED) is 0.525. The summed E-state index contributed by atoms with van der Waals surface area (Å²) in [6.07, 6.45) is 1.25. The Bertz CT molecular complexity index is 194. The number of nitrogens with zero attached hydrogens (tertiary/aromatic N) is 2. The van der Waals surface area contributed by atoms with Gasteiger partial charge in [0, 0.05) is 31.6 Å². The van der Waals surface area contributed by atoms with Gasteiger partial charge in [-0.3, -0.25) is 4.90 Å². The van der Waals surface area contributed by atoms with Gasteiger partial charge in [-0.05, 0) is 32.5 Å². The van der Waals surface area contributed by atoms with Crippen molar-refractivity contribution >= 4 is 11.6 Å². The minimum Gasteiger partial charge on any atom is -0.305 e. The highest BCUT2D eigenvalue weighted by Gasteiger charge is 2.19. The van der Waals surface area contributed by atoms with Crippen LogP contribution in [0.3, 0.4) is 0 Å². The Kier molecular flexibility index (Phi) is 4.93. The minimum absolute atomic E-state index is 0.582. The van der Waals surface area contributed by atoms with Crippen molar-refractivity contribution in [3.05, 3.63) is 12.2 Å². The van der Waals surface area contributed by atoms with E-state index in [1.165, 1.54) is 19.5 Å². The van der Waals surface area contributed by atoms with E-state index in [-0.39, 0.29) is 0 Å². The lowest BCUT2D eigenvalue weighted by molar-refractivity contribution is 0.217. The number of hydrogen-bond acceptors (Lipinski definition) is 2. The molecule has 0 spiro atoms. The molecule has 0 aromatic rings. The van der Waals surface area contributed by atoms with Crippen molar-refractivity contribution in [1.29, 1.82) is 0 Å². The molecule has 82 valence electrons. The second kappa shape index (κ2) is 5.74. The van der Waals surface area contributed by atoms with E-state index < -0.39 is 0 Å². The topological polar surface area (TPSA) is 6.48 Å². The molecule has 1 atom stereocenters. The first-order valence-corrected chi connectivity index (χ1v) is 5.82. The van der Waals surface area contributed by atoms with Crippen LogP contribution in [-0.2, 0) is 0 Å². The van der Waals surface area contributed by atoms with E-state index in [2.05, 4.69) is 30.4 Å². The van der Waals surface area contributed by atoms with Crippen LogP contribution in [0.5, 0.6) is 0 Å².